The maximum atomic E-state index is 12.3. The lowest BCUT2D eigenvalue weighted by atomic mass is 10.1. The van der Waals surface area contributed by atoms with Crippen molar-refractivity contribution in [3.63, 3.8) is 0 Å². The number of nitrogens with zero attached hydrogens (tertiary/aromatic N) is 1. The van der Waals surface area contributed by atoms with E-state index in [1.165, 1.54) is 4.90 Å². The van der Waals surface area contributed by atoms with Crippen LogP contribution in [0.3, 0.4) is 0 Å². The molecule has 1 aromatic rings. The van der Waals surface area contributed by atoms with E-state index < -0.39 is 18.0 Å². The molecule has 0 radical (unpaired) electrons. The molecule has 1 aliphatic heterocycles. The second-order valence-electron chi connectivity index (χ2n) is 4.55. The van der Waals surface area contributed by atoms with Gasteiger partial charge in [0.2, 0.25) is 0 Å². The van der Waals surface area contributed by atoms with Crippen LogP contribution >= 0.6 is 23.2 Å². The molecule has 0 spiro atoms. The molecular weight excluding hydrogens is 319 g/mol. The standard InChI is InChI=1S/C13H14Cl2N2O4/c14-9-2-1-3-10(12(9)15)16-13(20)17-4-5-21-7-8(17)6-11(18)19/h1-3,8H,4-7H2,(H,16,20)(H,18,19). The summed E-state index contributed by atoms with van der Waals surface area (Å²) in [6.07, 6.45) is -0.170. The normalized spacial score (nSPS) is 18.4. The first-order valence-electron chi connectivity index (χ1n) is 6.30. The van der Waals surface area contributed by atoms with Crippen LogP contribution in [0.1, 0.15) is 6.42 Å². The summed E-state index contributed by atoms with van der Waals surface area (Å²) in [7, 11) is 0. The summed E-state index contributed by atoms with van der Waals surface area (Å²) in [5, 5.41) is 12.1. The fraction of sp³-hybridized carbons (Fsp3) is 0.385. The van der Waals surface area contributed by atoms with Gasteiger partial charge in [-0.3, -0.25) is 4.79 Å². The third-order valence-corrected chi connectivity index (χ3v) is 3.91. The van der Waals surface area contributed by atoms with Gasteiger partial charge >= 0.3 is 12.0 Å². The van der Waals surface area contributed by atoms with Gasteiger partial charge < -0.3 is 20.1 Å². The van der Waals surface area contributed by atoms with Crippen molar-refractivity contribution >= 4 is 40.9 Å². The monoisotopic (exact) mass is 332 g/mol. The fourth-order valence-corrected chi connectivity index (χ4v) is 2.43. The van der Waals surface area contributed by atoms with Gasteiger partial charge in [0.1, 0.15) is 0 Å². The van der Waals surface area contributed by atoms with Gasteiger partial charge in [0.05, 0.1) is 41.4 Å². The molecule has 0 aromatic heterocycles. The number of nitrogens with one attached hydrogen (secondary N) is 1. The molecule has 2 rings (SSSR count). The Hall–Kier alpha value is -1.50. The molecule has 2 amide bonds. The minimum absolute atomic E-state index is 0.170. The predicted molar refractivity (Wildman–Crippen MR) is 79.0 cm³/mol. The third kappa shape index (κ3) is 4.00. The molecular formula is C13H14Cl2N2O4. The van der Waals surface area contributed by atoms with Crippen LogP contribution in [-0.4, -0.2) is 47.8 Å². The van der Waals surface area contributed by atoms with Crippen molar-refractivity contribution in [2.24, 2.45) is 0 Å². The number of ether oxygens (including phenoxy) is 1. The molecule has 0 saturated carbocycles. The molecule has 1 aliphatic rings. The summed E-state index contributed by atoms with van der Waals surface area (Å²) in [5.41, 5.74) is 0.384. The van der Waals surface area contributed by atoms with Crippen molar-refractivity contribution in [3.8, 4) is 0 Å². The van der Waals surface area contributed by atoms with Crippen molar-refractivity contribution in [2.45, 2.75) is 12.5 Å². The maximum absolute atomic E-state index is 12.3. The summed E-state index contributed by atoms with van der Waals surface area (Å²) < 4.78 is 5.22. The highest BCUT2D eigenvalue weighted by atomic mass is 35.5. The van der Waals surface area contributed by atoms with Gasteiger partial charge in [0.15, 0.2) is 0 Å². The third-order valence-electron chi connectivity index (χ3n) is 3.09. The Bertz CT molecular complexity index is 553. The number of hydrogen-bond donors (Lipinski definition) is 2. The number of carboxylic acids is 1. The maximum Gasteiger partial charge on any atom is 0.322 e. The Morgan fingerprint density at radius 2 is 2.19 bits per heavy atom. The summed E-state index contributed by atoms with van der Waals surface area (Å²) in [6, 6.07) is 3.97. The molecule has 0 aliphatic carbocycles. The van der Waals surface area contributed by atoms with Crippen molar-refractivity contribution in [1.82, 2.24) is 4.90 Å². The quantitative estimate of drug-likeness (QED) is 0.891. The van der Waals surface area contributed by atoms with Crippen molar-refractivity contribution in [3.05, 3.63) is 28.2 Å². The summed E-state index contributed by atoms with van der Waals surface area (Å²) in [4.78, 5) is 24.6. The zero-order valence-electron chi connectivity index (χ0n) is 11.0. The highest BCUT2D eigenvalue weighted by Crippen LogP contribution is 2.30. The van der Waals surface area contributed by atoms with Gasteiger partial charge in [-0.1, -0.05) is 29.3 Å². The van der Waals surface area contributed by atoms with E-state index in [0.717, 1.165) is 0 Å². The Morgan fingerprint density at radius 3 is 2.90 bits per heavy atom. The average Bonchev–Trinajstić information content (AvgIpc) is 2.44. The highest BCUT2D eigenvalue weighted by molar-refractivity contribution is 6.43. The van der Waals surface area contributed by atoms with Crippen molar-refractivity contribution < 1.29 is 19.4 Å². The van der Waals surface area contributed by atoms with Crippen LogP contribution in [0.4, 0.5) is 10.5 Å². The molecule has 114 valence electrons. The number of benzene rings is 1. The van der Waals surface area contributed by atoms with Crippen LogP contribution in [-0.2, 0) is 9.53 Å². The largest absolute Gasteiger partial charge is 0.481 e. The fourth-order valence-electron chi connectivity index (χ4n) is 2.08. The summed E-state index contributed by atoms with van der Waals surface area (Å²) >= 11 is 11.9. The number of urea groups is 1. The van der Waals surface area contributed by atoms with E-state index in [-0.39, 0.29) is 18.1 Å². The second-order valence-corrected chi connectivity index (χ2v) is 5.34. The summed E-state index contributed by atoms with van der Waals surface area (Å²) in [6.45, 7) is 0.887. The van der Waals surface area contributed by atoms with Crippen LogP contribution in [0.15, 0.2) is 18.2 Å². The Morgan fingerprint density at radius 1 is 1.43 bits per heavy atom. The lowest BCUT2D eigenvalue weighted by Gasteiger charge is -2.34. The van der Waals surface area contributed by atoms with Crippen LogP contribution in [0.2, 0.25) is 10.0 Å². The topological polar surface area (TPSA) is 78.9 Å². The van der Waals surface area contributed by atoms with E-state index in [1.54, 1.807) is 18.2 Å². The molecule has 1 atom stereocenters. The first kappa shape index (κ1) is 15.9. The van der Waals surface area contributed by atoms with E-state index in [2.05, 4.69) is 5.32 Å². The number of amides is 2. The minimum atomic E-state index is -0.982. The molecule has 0 bridgehead atoms. The first-order chi connectivity index (χ1) is 9.99. The van der Waals surface area contributed by atoms with Crippen molar-refractivity contribution in [1.29, 1.82) is 0 Å². The molecule has 1 aromatic carbocycles. The number of morpholine rings is 1. The van der Waals surface area contributed by atoms with E-state index >= 15 is 0 Å². The zero-order chi connectivity index (χ0) is 15.4. The van der Waals surface area contributed by atoms with Gasteiger partial charge in [-0.2, -0.15) is 0 Å². The molecule has 2 N–H and O–H groups in total. The van der Waals surface area contributed by atoms with Gasteiger partial charge in [-0.05, 0) is 12.1 Å². The molecule has 1 heterocycles. The minimum Gasteiger partial charge on any atom is -0.481 e. The second kappa shape index (κ2) is 6.98. The molecule has 21 heavy (non-hydrogen) atoms. The van der Waals surface area contributed by atoms with E-state index in [1.807, 2.05) is 0 Å². The molecule has 6 nitrogen and oxygen atoms in total. The van der Waals surface area contributed by atoms with E-state index in [9.17, 15) is 9.59 Å². The Kier molecular flexibility index (Phi) is 5.27. The molecule has 1 fully saturated rings. The van der Waals surface area contributed by atoms with Crippen LogP contribution < -0.4 is 5.32 Å². The van der Waals surface area contributed by atoms with E-state index in [4.69, 9.17) is 33.0 Å². The Labute approximate surface area is 131 Å². The van der Waals surface area contributed by atoms with Crippen LogP contribution in [0.25, 0.3) is 0 Å². The summed E-state index contributed by atoms with van der Waals surface area (Å²) in [5.74, 6) is -0.982. The number of hydrogen-bond acceptors (Lipinski definition) is 3. The number of rotatable bonds is 3. The van der Waals surface area contributed by atoms with Gasteiger partial charge in [0.25, 0.3) is 0 Å². The first-order valence-corrected chi connectivity index (χ1v) is 7.06. The number of anilines is 1. The van der Waals surface area contributed by atoms with Gasteiger partial charge in [-0.15, -0.1) is 0 Å². The van der Waals surface area contributed by atoms with Crippen molar-refractivity contribution in [2.75, 3.05) is 25.1 Å². The zero-order valence-corrected chi connectivity index (χ0v) is 12.5. The molecule has 1 unspecified atom stereocenters. The Balaban J connectivity index is 2.10. The number of carbonyl (C=O) groups excluding carboxylic acids is 1. The number of carbonyl (C=O) groups is 2. The van der Waals surface area contributed by atoms with E-state index in [0.29, 0.717) is 23.9 Å². The SMILES string of the molecule is O=C(O)CC1COCCN1C(=O)Nc1cccc(Cl)c1Cl. The van der Waals surface area contributed by atoms with Crippen LogP contribution in [0.5, 0.6) is 0 Å². The average molecular weight is 333 g/mol. The van der Waals surface area contributed by atoms with Gasteiger partial charge in [0, 0.05) is 6.54 Å². The molecule has 1 saturated heterocycles. The van der Waals surface area contributed by atoms with Gasteiger partial charge in [-0.25, -0.2) is 4.79 Å². The number of carboxylic acid groups (broad SMARTS) is 1. The predicted octanol–water partition coefficient (Wildman–Crippen LogP) is 2.70. The number of halogens is 2. The van der Waals surface area contributed by atoms with Crippen LogP contribution in [0, 0.1) is 0 Å². The smallest absolute Gasteiger partial charge is 0.322 e. The lowest BCUT2D eigenvalue weighted by Crippen LogP contribution is -2.51. The molecule has 8 heteroatoms. The lowest BCUT2D eigenvalue weighted by molar-refractivity contribution is -0.139. The number of aliphatic carboxylic acids is 1. The highest BCUT2D eigenvalue weighted by Gasteiger charge is 2.29.